The number of carbonyl (C=O) groups is 2. The topological polar surface area (TPSA) is 72.8 Å². The van der Waals surface area contributed by atoms with Gasteiger partial charge in [-0.05, 0) is 31.9 Å². The summed E-state index contributed by atoms with van der Waals surface area (Å²) in [6.07, 6.45) is 3.82. The molecule has 1 spiro atoms. The minimum Gasteiger partial charge on any atom is -0.481 e. The van der Waals surface area contributed by atoms with E-state index >= 15 is 0 Å². The number of aliphatic hydroxyl groups excluding tert-OH is 1. The van der Waals surface area contributed by atoms with Gasteiger partial charge in [-0.3, -0.25) is 9.59 Å². The molecular formula is C20H28O5. The van der Waals surface area contributed by atoms with Gasteiger partial charge in [-0.15, -0.1) is 0 Å². The Labute approximate surface area is 149 Å². The molecule has 0 amide bonds. The number of allylic oxidation sites excluding steroid dienone is 2. The zero-order chi connectivity index (χ0) is 18.8. The van der Waals surface area contributed by atoms with Gasteiger partial charge in [-0.25, -0.2) is 0 Å². The van der Waals surface area contributed by atoms with E-state index < -0.39 is 22.3 Å². The van der Waals surface area contributed by atoms with E-state index in [9.17, 15) is 14.7 Å². The number of hydrogen-bond donors (Lipinski definition) is 1. The van der Waals surface area contributed by atoms with Gasteiger partial charge in [0.25, 0.3) is 5.95 Å². The number of rotatable bonds is 4. The summed E-state index contributed by atoms with van der Waals surface area (Å²) in [6, 6.07) is 0. The van der Waals surface area contributed by atoms with Crippen molar-refractivity contribution in [3.63, 3.8) is 0 Å². The number of aliphatic hydroxyl groups is 1. The molecule has 0 saturated heterocycles. The lowest BCUT2D eigenvalue weighted by Crippen LogP contribution is -2.49. The second-order valence-corrected chi connectivity index (χ2v) is 8.54. The molecule has 0 radical (unpaired) electrons. The average molecular weight is 348 g/mol. The molecule has 6 atom stereocenters. The Morgan fingerprint density at radius 3 is 2.56 bits per heavy atom. The van der Waals surface area contributed by atoms with Crippen LogP contribution in [0, 0.1) is 28.1 Å². The normalized spacial score (nSPS) is 43.6. The third-order valence-electron chi connectivity index (χ3n) is 7.04. The zero-order valence-electron chi connectivity index (χ0n) is 15.7. The van der Waals surface area contributed by atoms with Crippen LogP contribution in [0.25, 0.3) is 0 Å². The molecule has 2 fully saturated rings. The molecule has 0 aromatic rings. The Balaban J connectivity index is 2.16. The molecule has 3 aliphatic rings. The van der Waals surface area contributed by atoms with Crippen molar-refractivity contribution in [2.75, 3.05) is 0 Å². The first-order valence-corrected chi connectivity index (χ1v) is 9.01. The second-order valence-electron chi connectivity index (χ2n) is 8.54. The Bertz CT molecular complexity index is 663. The van der Waals surface area contributed by atoms with Crippen LogP contribution in [0.15, 0.2) is 24.7 Å². The van der Waals surface area contributed by atoms with Crippen LogP contribution in [0.4, 0.5) is 0 Å². The molecule has 138 valence electrons. The Hall–Kier alpha value is -1.78. The number of ketones is 1. The van der Waals surface area contributed by atoms with Gasteiger partial charge in [0.05, 0.1) is 5.41 Å². The van der Waals surface area contributed by atoms with E-state index in [1.165, 1.54) is 0 Å². The lowest BCUT2D eigenvalue weighted by molar-refractivity contribution is -0.166. The molecule has 3 rings (SSSR count). The molecule has 0 heterocycles. The van der Waals surface area contributed by atoms with Crippen molar-refractivity contribution >= 4 is 11.8 Å². The average Bonchev–Trinajstić information content (AvgIpc) is 2.99. The summed E-state index contributed by atoms with van der Waals surface area (Å²) in [5, 5.41) is 9.61. The van der Waals surface area contributed by atoms with Crippen molar-refractivity contribution in [3.05, 3.63) is 24.7 Å². The van der Waals surface area contributed by atoms with Gasteiger partial charge in [0.2, 0.25) is 0 Å². The van der Waals surface area contributed by atoms with Gasteiger partial charge in [-0.1, -0.05) is 33.8 Å². The van der Waals surface area contributed by atoms with Crippen molar-refractivity contribution < 1.29 is 24.2 Å². The lowest BCUT2D eigenvalue weighted by Gasteiger charge is -2.41. The van der Waals surface area contributed by atoms with Crippen molar-refractivity contribution in [3.8, 4) is 0 Å². The molecule has 5 nitrogen and oxygen atoms in total. The number of esters is 1. The van der Waals surface area contributed by atoms with E-state index in [0.717, 1.165) is 6.42 Å². The zero-order valence-corrected chi connectivity index (χ0v) is 15.7. The third kappa shape index (κ3) is 2.01. The summed E-state index contributed by atoms with van der Waals surface area (Å²) < 4.78 is 11.5. The molecule has 5 heteroatoms. The van der Waals surface area contributed by atoms with Gasteiger partial charge in [0.15, 0.2) is 5.78 Å². The highest BCUT2D eigenvalue weighted by Crippen LogP contribution is 2.75. The summed E-state index contributed by atoms with van der Waals surface area (Å²) in [6.45, 7) is 13.3. The molecule has 1 N–H and O–H groups in total. The highest BCUT2D eigenvalue weighted by molar-refractivity contribution is 6.00. The highest BCUT2D eigenvalue weighted by Gasteiger charge is 2.80. The van der Waals surface area contributed by atoms with Crippen molar-refractivity contribution in [2.24, 2.45) is 28.1 Å². The molecular weight excluding hydrogens is 320 g/mol. The number of carbonyl (C=O) groups excluding carboxylic acids is 2. The monoisotopic (exact) mass is 348 g/mol. The Kier molecular flexibility index (Phi) is 3.86. The fraction of sp³-hybridized carbons (Fsp3) is 0.700. The van der Waals surface area contributed by atoms with Crippen LogP contribution in [0.3, 0.4) is 0 Å². The molecule has 0 aromatic heterocycles. The highest BCUT2D eigenvalue weighted by atomic mass is 16.6. The first-order valence-electron chi connectivity index (χ1n) is 9.01. The van der Waals surface area contributed by atoms with E-state index in [1.807, 2.05) is 26.8 Å². The predicted octanol–water partition coefficient (Wildman–Crippen LogP) is 3.55. The number of ether oxygens (including phenoxy) is 2. The largest absolute Gasteiger partial charge is 0.481 e. The first kappa shape index (κ1) is 18.0. The smallest absolute Gasteiger partial charge is 0.305 e. The maximum atomic E-state index is 13.0. The fourth-order valence-corrected chi connectivity index (χ4v) is 6.30. The SMILES string of the molecule is C=C(O)O[C@@H]1C[C@@H](C)[C@]23C=CC(=O)[C@@]2(C)[C@@H](OC(=O)CC)C(C)(C)[C@H]13. The van der Waals surface area contributed by atoms with Crippen LogP contribution >= 0.6 is 0 Å². The van der Waals surface area contributed by atoms with Crippen LogP contribution in [0.1, 0.15) is 47.5 Å². The van der Waals surface area contributed by atoms with Gasteiger partial charge in [-0.2, -0.15) is 0 Å². The van der Waals surface area contributed by atoms with Crippen molar-refractivity contribution in [1.29, 1.82) is 0 Å². The maximum absolute atomic E-state index is 13.0. The van der Waals surface area contributed by atoms with Crippen LogP contribution < -0.4 is 0 Å². The van der Waals surface area contributed by atoms with E-state index in [2.05, 4.69) is 13.5 Å². The van der Waals surface area contributed by atoms with Crippen molar-refractivity contribution in [1.82, 2.24) is 0 Å². The summed E-state index contributed by atoms with van der Waals surface area (Å²) in [5.74, 6) is -0.521. The third-order valence-corrected chi connectivity index (χ3v) is 7.04. The van der Waals surface area contributed by atoms with E-state index in [0.29, 0.717) is 0 Å². The predicted molar refractivity (Wildman–Crippen MR) is 92.6 cm³/mol. The summed E-state index contributed by atoms with van der Waals surface area (Å²) in [4.78, 5) is 25.1. The fourth-order valence-electron chi connectivity index (χ4n) is 6.30. The Morgan fingerprint density at radius 1 is 1.36 bits per heavy atom. The van der Waals surface area contributed by atoms with Crippen LogP contribution in [0.5, 0.6) is 0 Å². The molecule has 0 bridgehead atoms. The van der Waals surface area contributed by atoms with Gasteiger partial charge in [0.1, 0.15) is 12.2 Å². The maximum Gasteiger partial charge on any atom is 0.305 e. The summed E-state index contributed by atoms with van der Waals surface area (Å²) >= 11 is 0. The molecule has 0 aromatic carbocycles. The van der Waals surface area contributed by atoms with Crippen LogP contribution in [-0.2, 0) is 19.1 Å². The van der Waals surface area contributed by atoms with E-state index in [1.54, 1.807) is 13.0 Å². The summed E-state index contributed by atoms with van der Waals surface area (Å²) in [5.41, 5.74) is -1.75. The van der Waals surface area contributed by atoms with Gasteiger partial charge < -0.3 is 14.6 Å². The van der Waals surface area contributed by atoms with E-state index in [4.69, 9.17) is 9.47 Å². The molecule has 0 aliphatic heterocycles. The number of hydrogen-bond acceptors (Lipinski definition) is 5. The summed E-state index contributed by atoms with van der Waals surface area (Å²) in [7, 11) is 0. The standard InChI is InChI=1S/C20H28O5/c1-7-15(23)25-17-18(4,5)16-13(24-12(3)21)10-11(2)20(16)9-8-14(22)19(17,20)6/h8-9,11,13,16-17,21H,3,7,10H2,1-2,4-6H3/t11-,13-,16+,17+,19+,20+/m1/s1. The van der Waals surface area contributed by atoms with Gasteiger partial charge >= 0.3 is 5.97 Å². The minimum atomic E-state index is -0.819. The molecule has 0 unspecified atom stereocenters. The minimum absolute atomic E-state index is 0.00676. The second kappa shape index (κ2) is 5.36. The van der Waals surface area contributed by atoms with Crippen LogP contribution in [0.2, 0.25) is 0 Å². The molecule has 25 heavy (non-hydrogen) atoms. The van der Waals surface area contributed by atoms with Crippen LogP contribution in [-0.4, -0.2) is 29.1 Å². The quantitative estimate of drug-likeness (QED) is 0.621. The first-order chi connectivity index (χ1) is 11.5. The van der Waals surface area contributed by atoms with E-state index in [-0.39, 0.29) is 42.1 Å². The lowest BCUT2D eigenvalue weighted by atomic mass is 9.61. The molecule has 2 saturated carbocycles. The Morgan fingerprint density at radius 2 is 2.00 bits per heavy atom. The van der Waals surface area contributed by atoms with Gasteiger partial charge in [0, 0.05) is 23.2 Å². The molecule has 3 aliphatic carbocycles. The van der Waals surface area contributed by atoms with Crippen molar-refractivity contribution in [2.45, 2.75) is 59.7 Å².